The molecular formula is C17H22N6O3S3. The van der Waals surface area contributed by atoms with Crippen LogP contribution in [0.3, 0.4) is 0 Å². The van der Waals surface area contributed by atoms with Crippen LogP contribution < -0.4 is 11.1 Å². The molecule has 156 valence electrons. The number of carbonyl (C=O) groups excluding carboxylic acids is 1. The fourth-order valence-electron chi connectivity index (χ4n) is 3.25. The molecule has 2 unspecified atom stereocenters. The van der Waals surface area contributed by atoms with Gasteiger partial charge in [-0.05, 0) is 6.92 Å². The molecule has 0 bridgehead atoms. The van der Waals surface area contributed by atoms with Crippen LogP contribution in [0.4, 0.5) is 0 Å². The van der Waals surface area contributed by atoms with Crippen molar-refractivity contribution in [1.82, 2.24) is 15.2 Å². The van der Waals surface area contributed by atoms with Crippen LogP contribution in [0.5, 0.6) is 0 Å². The Bertz CT molecular complexity index is 999. The third-order valence-corrected chi connectivity index (χ3v) is 8.68. The van der Waals surface area contributed by atoms with E-state index in [1.54, 1.807) is 0 Å². The smallest absolute Gasteiger partial charge is 0.257 e. The predicted octanol–water partition coefficient (Wildman–Crippen LogP) is -0.0115. The molecule has 1 aromatic heterocycles. The van der Waals surface area contributed by atoms with Crippen LogP contribution in [0.2, 0.25) is 0 Å². The quantitative estimate of drug-likeness (QED) is 0.640. The van der Waals surface area contributed by atoms with Crippen molar-refractivity contribution in [1.29, 1.82) is 0 Å². The normalized spacial score (nSPS) is 26.3. The molecule has 12 heteroatoms. The van der Waals surface area contributed by atoms with Crippen molar-refractivity contribution in [3.8, 4) is 0 Å². The van der Waals surface area contributed by atoms with E-state index in [2.05, 4.69) is 25.2 Å². The predicted molar refractivity (Wildman–Crippen MR) is 116 cm³/mol. The van der Waals surface area contributed by atoms with Gasteiger partial charge in [-0.3, -0.25) is 9.69 Å². The lowest BCUT2D eigenvalue weighted by molar-refractivity contribution is -0.116. The Hall–Kier alpha value is -1.76. The highest BCUT2D eigenvalue weighted by Crippen LogP contribution is 2.39. The highest BCUT2D eigenvalue weighted by Gasteiger charge is 2.37. The maximum Gasteiger partial charge on any atom is 0.257 e. The lowest BCUT2D eigenvalue weighted by Gasteiger charge is -2.26. The highest BCUT2D eigenvalue weighted by molar-refractivity contribution is 8.04. The molecule has 0 aliphatic carbocycles. The Balaban J connectivity index is 1.32. The summed E-state index contributed by atoms with van der Waals surface area (Å²) in [5.74, 6) is 0.967. The number of amides is 1. The topological polar surface area (TPSA) is 130 Å². The summed E-state index contributed by atoms with van der Waals surface area (Å²) in [5, 5.41) is 5.36. The van der Waals surface area contributed by atoms with Crippen molar-refractivity contribution in [2.24, 2.45) is 21.6 Å². The Morgan fingerprint density at radius 3 is 2.83 bits per heavy atom. The summed E-state index contributed by atoms with van der Waals surface area (Å²) in [7, 11) is -2.89. The number of aryl methyl sites for hydroxylation is 1. The SMILES string of the molecule is Cc1csc(C2=NC3SC(C(=O)NCCN4CCS(=O)(=O)CC4)=CC3C(N)=N2)n1. The van der Waals surface area contributed by atoms with Crippen molar-refractivity contribution >= 4 is 50.5 Å². The molecule has 4 heterocycles. The Labute approximate surface area is 177 Å². The third-order valence-electron chi connectivity index (χ3n) is 4.90. The summed E-state index contributed by atoms with van der Waals surface area (Å²) in [4.78, 5) is 28.6. The fourth-order valence-corrected chi connectivity index (χ4v) is 6.44. The van der Waals surface area contributed by atoms with Gasteiger partial charge in [-0.2, -0.15) is 0 Å². The molecule has 2 atom stereocenters. The van der Waals surface area contributed by atoms with Crippen LogP contribution >= 0.6 is 23.1 Å². The van der Waals surface area contributed by atoms with E-state index in [9.17, 15) is 13.2 Å². The van der Waals surface area contributed by atoms with Gasteiger partial charge in [0.05, 0.1) is 22.3 Å². The van der Waals surface area contributed by atoms with Gasteiger partial charge >= 0.3 is 0 Å². The van der Waals surface area contributed by atoms with E-state index in [-0.39, 0.29) is 28.7 Å². The van der Waals surface area contributed by atoms with Crippen molar-refractivity contribution < 1.29 is 13.2 Å². The van der Waals surface area contributed by atoms with Crippen molar-refractivity contribution in [3.63, 3.8) is 0 Å². The fraction of sp³-hybridized carbons (Fsp3) is 0.529. The van der Waals surface area contributed by atoms with Crippen LogP contribution in [0.25, 0.3) is 0 Å². The second-order valence-corrected chi connectivity index (χ2v) is 11.4. The van der Waals surface area contributed by atoms with Crippen molar-refractivity contribution in [3.05, 3.63) is 27.1 Å². The maximum atomic E-state index is 12.5. The maximum absolute atomic E-state index is 12.5. The lowest BCUT2D eigenvalue weighted by atomic mass is 10.1. The number of nitrogens with two attached hydrogens (primary N) is 1. The average molecular weight is 455 g/mol. The van der Waals surface area contributed by atoms with E-state index in [1.807, 2.05) is 18.4 Å². The standard InChI is InChI=1S/C17H22N6O3S3/c1-10-9-27-17(20-10)14-21-13(18)11-8-12(28-16(11)22-14)15(24)19-2-3-23-4-6-29(25,26)7-5-23/h8-9,11,16H,2-7H2,1H3,(H,19,24)(H2,18,21,22). The zero-order chi connectivity index (χ0) is 20.6. The summed E-state index contributed by atoms with van der Waals surface area (Å²) in [5.41, 5.74) is 7.05. The number of amidine groups is 2. The number of aliphatic imine (C=N–C) groups is 2. The minimum absolute atomic E-state index is 0.163. The Kier molecular flexibility index (Phi) is 5.78. The van der Waals surface area contributed by atoms with Gasteiger partial charge in [-0.15, -0.1) is 11.3 Å². The molecule has 0 saturated carbocycles. The summed E-state index contributed by atoms with van der Waals surface area (Å²) in [6, 6.07) is 0. The Morgan fingerprint density at radius 2 is 2.14 bits per heavy atom. The number of hydrogen-bond acceptors (Lipinski definition) is 10. The molecule has 3 aliphatic rings. The highest BCUT2D eigenvalue weighted by atomic mass is 32.2. The van der Waals surface area contributed by atoms with Crippen LogP contribution in [0, 0.1) is 12.8 Å². The number of hydrogen-bond donors (Lipinski definition) is 2. The molecule has 0 aromatic carbocycles. The molecule has 1 saturated heterocycles. The first-order valence-corrected chi connectivity index (χ1v) is 12.8. The van der Waals surface area contributed by atoms with E-state index < -0.39 is 9.84 Å². The van der Waals surface area contributed by atoms with Gasteiger partial charge in [0.25, 0.3) is 5.91 Å². The second-order valence-electron chi connectivity index (χ2n) is 7.10. The van der Waals surface area contributed by atoms with Crippen LogP contribution in [0.15, 0.2) is 26.3 Å². The summed E-state index contributed by atoms with van der Waals surface area (Å²) in [6.07, 6.45) is 1.82. The third kappa shape index (κ3) is 4.71. The number of thioether (sulfide) groups is 1. The van der Waals surface area contributed by atoms with Gasteiger partial charge in [0.1, 0.15) is 11.2 Å². The van der Waals surface area contributed by atoms with Gasteiger partial charge in [0.2, 0.25) is 0 Å². The first-order valence-electron chi connectivity index (χ1n) is 9.24. The lowest BCUT2D eigenvalue weighted by Crippen LogP contribution is -2.43. The molecule has 4 rings (SSSR count). The van der Waals surface area contributed by atoms with E-state index in [0.29, 0.717) is 42.8 Å². The first-order chi connectivity index (χ1) is 13.8. The molecular weight excluding hydrogens is 432 g/mol. The minimum Gasteiger partial charge on any atom is -0.386 e. The van der Waals surface area contributed by atoms with Crippen LogP contribution in [0.1, 0.15) is 10.7 Å². The van der Waals surface area contributed by atoms with Gasteiger partial charge in [0, 0.05) is 37.3 Å². The summed E-state index contributed by atoms with van der Waals surface area (Å²) >= 11 is 2.85. The molecule has 3 aliphatic heterocycles. The zero-order valence-electron chi connectivity index (χ0n) is 15.9. The second kappa shape index (κ2) is 8.17. The van der Waals surface area contributed by atoms with Gasteiger partial charge in [-0.1, -0.05) is 17.8 Å². The number of thiazole rings is 1. The molecule has 29 heavy (non-hydrogen) atoms. The molecule has 1 amide bonds. The molecule has 0 radical (unpaired) electrons. The average Bonchev–Trinajstić information content (AvgIpc) is 3.29. The number of nitrogens with one attached hydrogen (secondary N) is 1. The number of nitrogens with zero attached hydrogens (tertiary/aromatic N) is 4. The number of aromatic nitrogens is 1. The van der Waals surface area contributed by atoms with Crippen molar-refractivity contribution in [2.75, 3.05) is 37.7 Å². The van der Waals surface area contributed by atoms with Gasteiger partial charge < -0.3 is 11.1 Å². The van der Waals surface area contributed by atoms with Gasteiger partial charge in [0.15, 0.2) is 20.7 Å². The van der Waals surface area contributed by atoms with E-state index in [1.165, 1.54) is 23.1 Å². The molecule has 3 N–H and O–H groups in total. The molecule has 1 aromatic rings. The minimum atomic E-state index is -2.89. The number of fused-ring (bicyclic) bond motifs is 1. The molecule has 1 fully saturated rings. The Morgan fingerprint density at radius 1 is 1.38 bits per heavy atom. The molecule has 0 spiro atoms. The number of carbonyl (C=O) groups is 1. The first kappa shape index (κ1) is 20.5. The van der Waals surface area contributed by atoms with E-state index >= 15 is 0 Å². The van der Waals surface area contributed by atoms with Crippen molar-refractivity contribution in [2.45, 2.75) is 12.3 Å². The van der Waals surface area contributed by atoms with E-state index in [4.69, 9.17) is 5.73 Å². The van der Waals surface area contributed by atoms with Crippen LogP contribution in [-0.2, 0) is 14.6 Å². The largest absolute Gasteiger partial charge is 0.386 e. The van der Waals surface area contributed by atoms with E-state index in [0.717, 1.165) is 10.7 Å². The summed E-state index contributed by atoms with van der Waals surface area (Å²) in [6.45, 7) is 4.03. The summed E-state index contributed by atoms with van der Waals surface area (Å²) < 4.78 is 23.0. The zero-order valence-corrected chi connectivity index (χ0v) is 18.3. The number of rotatable bonds is 5. The molecule has 9 nitrogen and oxygen atoms in total. The monoisotopic (exact) mass is 454 g/mol. The van der Waals surface area contributed by atoms with Gasteiger partial charge in [-0.25, -0.2) is 23.4 Å². The van der Waals surface area contributed by atoms with Crippen LogP contribution in [-0.4, -0.2) is 78.9 Å². The number of sulfone groups is 1.